The van der Waals surface area contributed by atoms with Gasteiger partial charge < -0.3 is 19.8 Å². The second-order valence-corrected chi connectivity index (χ2v) is 8.11. The van der Waals surface area contributed by atoms with Crippen LogP contribution in [0.3, 0.4) is 0 Å². The lowest BCUT2D eigenvalue weighted by Crippen LogP contribution is -2.36. The Morgan fingerprint density at radius 2 is 2.04 bits per heavy atom. The van der Waals surface area contributed by atoms with Gasteiger partial charge in [-0.2, -0.15) is 0 Å². The lowest BCUT2D eigenvalue weighted by Gasteiger charge is -2.25. The van der Waals surface area contributed by atoms with Gasteiger partial charge in [-0.3, -0.25) is 4.79 Å². The Kier molecular flexibility index (Phi) is 6.83. The highest BCUT2D eigenvalue weighted by atomic mass is 32.1. The summed E-state index contributed by atoms with van der Waals surface area (Å²) in [6.07, 6.45) is 2.35. The highest BCUT2D eigenvalue weighted by Crippen LogP contribution is 2.29. The zero-order valence-corrected chi connectivity index (χ0v) is 16.7. The first-order valence-corrected chi connectivity index (χ1v) is 10.3. The molecule has 2 N–H and O–H groups in total. The number of hydrogen-bond acceptors (Lipinski definition) is 5. The first kappa shape index (κ1) is 20.5. The summed E-state index contributed by atoms with van der Waals surface area (Å²) in [5.41, 5.74) is 1.67. The number of aliphatic hydroxyl groups excluding tert-OH is 1. The smallest absolute Gasteiger partial charge is 0.345 e. The summed E-state index contributed by atoms with van der Waals surface area (Å²) in [4.78, 5) is 26.2. The van der Waals surface area contributed by atoms with Crippen LogP contribution in [0.2, 0.25) is 0 Å². The van der Waals surface area contributed by atoms with Crippen LogP contribution >= 0.6 is 11.3 Å². The summed E-state index contributed by atoms with van der Waals surface area (Å²) in [5.74, 6) is -0.865. The van der Waals surface area contributed by atoms with Gasteiger partial charge in [-0.25, -0.2) is 4.79 Å². The molecule has 6 nitrogen and oxygen atoms in total. The van der Waals surface area contributed by atoms with Gasteiger partial charge in [0.25, 0.3) is 0 Å². The van der Waals surface area contributed by atoms with E-state index in [9.17, 15) is 14.7 Å². The fourth-order valence-corrected chi connectivity index (χ4v) is 4.20. The number of carbonyl (C=O) groups is 2. The topological polar surface area (TPSA) is 87.1 Å². The fraction of sp³-hybridized carbons (Fsp3) is 0.429. The molecular formula is C21H25NO5S. The van der Waals surface area contributed by atoms with E-state index in [-0.39, 0.29) is 11.9 Å². The summed E-state index contributed by atoms with van der Waals surface area (Å²) in [5, 5.41) is 19.1. The zero-order chi connectivity index (χ0) is 20.1. The molecule has 0 spiro atoms. The summed E-state index contributed by atoms with van der Waals surface area (Å²) in [6, 6.07) is 10.8. The van der Waals surface area contributed by atoms with Gasteiger partial charge in [0.15, 0.2) is 0 Å². The van der Waals surface area contributed by atoms with E-state index < -0.39 is 12.1 Å². The quantitative estimate of drug-likeness (QED) is 0.661. The number of rotatable bonds is 9. The van der Waals surface area contributed by atoms with Crippen LogP contribution in [0.15, 0.2) is 36.4 Å². The van der Waals surface area contributed by atoms with Crippen LogP contribution < -0.4 is 4.90 Å². The van der Waals surface area contributed by atoms with Gasteiger partial charge in [0.05, 0.1) is 25.4 Å². The van der Waals surface area contributed by atoms with Gasteiger partial charge in [0.2, 0.25) is 5.91 Å². The van der Waals surface area contributed by atoms with Crippen molar-refractivity contribution in [2.45, 2.75) is 51.4 Å². The van der Waals surface area contributed by atoms with Crippen molar-refractivity contribution in [1.29, 1.82) is 0 Å². The molecule has 1 aliphatic heterocycles. The van der Waals surface area contributed by atoms with Crippen LogP contribution in [-0.2, 0) is 16.1 Å². The Balaban J connectivity index is 1.60. The first-order chi connectivity index (χ1) is 13.5. The number of anilines is 1. The summed E-state index contributed by atoms with van der Waals surface area (Å²) >= 11 is 1.20. The molecule has 2 heterocycles. The maximum absolute atomic E-state index is 12.4. The van der Waals surface area contributed by atoms with Gasteiger partial charge in [-0.05, 0) is 42.7 Å². The van der Waals surface area contributed by atoms with Crippen molar-refractivity contribution in [2.24, 2.45) is 0 Å². The molecule has 1 aromatic carbocycles. The second kappa shape index (κ2) is 9.32. The van der Waals surface area contributed by atoms with Crippen molar-refractivity contribution in [3.63, 3.8) is 0 Å². The van der Waals surface area contributed by atoms with Gasteiger partial charge in [-0.15, -0.1) is 11.3 Å². The number of aromatic carboxylic acids is 1. The van der Waals surface area contributed by atoms with Gasteiger partial charge in [-0.1, -0.05) is 25.5 Å². The number of ether oxygens (including phenoxy) is 1. The van der Waals surface area contributed by atoms with Crippen LogP contribution in [0.5, 0.6) is 0 Å². The largest absolute Gasteiger partial charge is 0.477 e. The van der Waals surface area contributed by atoms with Crippen molar-refractivity contribution in [2.75, 3.05) is 11.5 Å². The summed E-state index contributed by atoms with van der Waals surface area (Å²) in [6.45, 7) is 2.76. The maximum atomic E-state index is 12.4. The molecule has 0 bridgehead atoms. The molecule has 1 fully saturated rings. The molecule has 2 atom stereocenters. The SMILES string of the molecule is CCCC(O)c1ccc(N2C(=O)CC[C@H]2COCc2ccc(C(=O)O)s2)cc1. The van der Waals surface area contributed by atoms with Gasteiger partial charge >= 0.3 is 5.97 Å². The molecule has 1 amide bonds. The number of nitrogens with zero attached hydrogens (tertiary/aromatic N) is 1. The minimum Gasteiger partial charge on any atom is -0.477 e. The minimum absolute atomic E-state index is 0.0437. The molecule has 1 saturated heterocycles. The summed E-state index contributed by atoms with van der Waals surface area (Å²) < 4.78 is 5.77. The maximum Gasteiger partial charge on any atom is 0.345 e. The standard InChI is InChI=1S/C21H25NO5S/c1-2-3-18(23)14-4-6-15(7-5-14)22-16(8-11-20(22)24)12-27-13-17-9-10-19(28-17)21(25)26/h4-7,9-10,16,18,23H,2-3,8,11-13H2,1H3,(H,25,26)/t16-,18?/m0/s1. The van der Waals surface area contributed by atoms with E-state index in [4.69, 9.17) is 9.84 Å². The third kappa shape index (κ3) is 4.79. The third-order valence-corrected chi connectivity index (χ3v) is 5.92. The van der Waals surface area contributed by atoms with Crippen molar-refractivity contribution < 1.29 is 24.5 Å². The van der Waals surface area contributed by atoms with Crippen LogP contribution in [-0.4, -0.2) is 34.7 Å². The van der Waals surface area contributed by atoms with E-state index >= 15 is 0 Å². The fourth-order valence-electron chi connectivity index (χ4n) is 3.42. The number of carboxylic acid groups (broad SMARTS) is 1. The van der Waals surface area contributed by atoms with Crippen LogP contribution in [0, 0.1) is 0 Å². The van der Waals surface area contributed by atoms with Crippen molar-refractivity contribution >= 4 is 28.9 Å². The number of aliphatic hydroxyl groups is 1. The molecule has 1 aliphatic rings. The molecule has 0 aliphatic carbocycles. The van der Waals surface area contributed by atoms with E-state index in [0.717, 1.165) is 29.0 Å². The second-order valence-electron chi connectivity index (χ2n) is 6.94. The zero-order valence-electron chi connectivity index (χ0n) is 15.8. The molecular weight excluding hydrogens is 378 g/mol. The van der Waals surface area contributed by atoms with E-state index in [1.807, 2.05) is 31.2 Å². The van der Waals surface area contributed by atoms with Crippen molar-refractivity contribution in [1.82, 2.24) is 0 Å². The van der Waals surface area contributed by atoms with E-state index in [1.54, 1.807) is 17.0 Å². The Morgan fingerprint density at radius 3 is 2.68 bits per heavy atom. The van der Waals surface area contributed by atoms with Crippen LogP contribution in [0.4, 0.5) is 5.69 Å². The number of amides is 1. The Bertz CT molecular complexity index is 816. The van der Waals surface area contributed by atoms with Gasteiger partial charge in [0.1, 0.15) is 4.88 Å². The van der Waals surface area contributed by atoms with Crippen LogP contribution in [0.1, 0.15) is 58.8 Å². The highest BCUT2D eigenvalue weighted by molar-refractivity contribution is 7.13. The normalized spacial score (nSPS) is 17.9. The molecule has 7 heteroatoms. The third-order valence-electron chi connectivity index (χ3n) is 4.87. The summed E-state index contributed by atoms with van der Waals surface area (Å²) in [7, 11) is 0. The number of hydrogen-bond donors (Lipinski definition) is 2. The van der Waals surface area contributed by atoms with Crippen LogP contribution in [0.25, 0.3) is 0 Å². The molecule has 1 unspecified atom stereocenters. The number of carboxylic acids is 1. The molecule has 2 aromatic rings. The number of benzene rings is 1. The number of thiophene rings is 1. The van der Waals surface area contributed by atoms with E-state index in [0.29, 0.717) is 30.9 Å². The van der Waals surface area contributed by atoms with Crippen molar-refractivity contribution in [3.8, 4) is 0 Å². The predicted octanol–water partition coefficient (Wildman–Crippen LogP) is 3.99. The molecule has 1 aromatic heterocycles. The monoisotopic (exact) mass is 403 g/mol. The molecule has 150 valence electrons. The Labute approximate surface area is 168 Å². The minimum atomic E-state index is -0.934. The lowest BCUT2D eigenvalue weighted by atomic mass is 10.0. The first-order valence-electron chi connectivity index (χ1n) is 9.49. The van der Waals surface area contributed by atoms with Crippen molar-refractivity contribution in [3.05, 3.63) is 51.7 Å². The molecule has 0 saturated carbocycles. The molecule has 0 radical (unpaired) electrons. The number of carbonyl (C=O) groups excluding carboxylic acids is 1. The molecule has 3 rings (SSSR count). The Morgan fingerprint density at radius 1 is 1.29 bits per heavy atom. The molecule has 28 heavy (non-hydrogen) atoms. The van der Waals surface area contributed by atoms with E-state index in [1.165, 1.54) is 11.3 Å². The average Bonchev–Trinajstić information content (AvgIpc) is 3.29. The predicted molar refractivity (Wildman–Crippen MR) is 108 cm³/mol. The van der Waals surface area contributed by atoms with E-state index in [2.05, 4.69) is 0 Å². The lowest BCUT2D eigenvalue weighted by molar-refractivity contribution is -0.117. The van der Waals surface area contributed by atoms with Gasteiger partial charge in [0, 0.05) is 17.0 Å². The Hall–Kier alpha value is -2.22. The average molecular weight is 404 g/mol. The highest BCUT2D eigenvalue weighted by Gasteiger charge is 2.32.